The highest BCUT2D eigenvalue weighted by Gasteiger charge is 2.18. The highest BCUT2D eigenvalue weighted by atomic mass is 32.2. The van der Waals surface area contributed by atoms with Crippen LogP contribution in [0.4, 0.5) is 0 Å². The molecule has 3 heteroatoms. The maximum Gasteiger partial charge on any atom is 0.00218 e. The highest BCUT2D eigenvalue weighted by molar-refractivity contribution is 7.98. The molecule has 0 aromatic rings. The van der Waals surface area contributed by atoms with Crippen molar-refractivity contribution in [3.8, 4) is 0 Å². The van der Waals surface area contributed by atoms with E-state index in [-0.39, 0.29) is 0 Å². The van der Waals surface area contributed by atoms with Gasteiger partial charge in [-0.1, -0.05) is 0 Å². The first-order chi connectivity index (χ1) is 6.86. The van der Waals surface area contributed by atoms with Crippen LogP contribution >= 0.6 is 11.8 Å². The molecule has 1 unspecified atom stereocenters. The third-order valence-corrected chi connectivity index (χ3v) is 3.62. The van der Waals surface area contributed by atoms with E-state index in [1.165, 1.54) is 51.2 Å². The van der Waals surface area contributed by atoms with Crippen molar-refractivity contribution in [3.05, 3.63) is 0 Å². The third-order valence-electron chi connectivity index (χ3n) is 2.92. The lowest BCUT2D eigenvalue weighted by Gasteiger charge is -2.32. The van der Waals surface area contributed by atoms with Crippen LogP contribution in [0.25, 0.3) is 0 Å². The predicted molar refractivity (Wildman–Crippen MR) is 66.1 cm³/mol. The van der Waals surface area contributed by atoms with Crippen LogP contribution in [0.15, 0.2) is 0 Å². The molecular weight excluding hydrogens is 192 g/mol. The topological polar surface area (TPSA) is 15.3 Å². The predicted octanol–water partition coefficient (Wildman–Crippen LogP) is 1.67. The lowest BCUT2D eigenvalue weighted by atomic mass is 9.98. The normalized spacial score (nSPS) is 24.0. The average Bonchev–Trinajstić information content (AvgIpc) is 2.19. The van der Waals surface area contributed by atoms with Gasteiger partial charge in [-0.25, -0.2) is 0 Å². The van der Waals surface area contributed by atoms with Crippen LogP contribution in [0.3, 0.4) is 0 Å². The summed E-state index contributed by atoms with van der Waals surface area (Å²) in [5.41, 5.74) is 0. The molecule has 1 saturated heterocycles. The van der Waals surface area contributed by atoms with E-state index >= 15 is 0 Å². The van der Waals surface area contributed by atoms with Crippen LogP contribution in [-0.2, 0) is 0 Å². The number of hydrogen-bond donors (Lipinski definition) is 1. The molecule has 0 saturated carbocycles. The Morgan fingerprint density at radius 3 is 3.07 bits per heavy atom. The molecule has 84 valence electrons. The van der Waals surface area contributed by atoms with Gasteiger partial charge < -0.3 is 10.2 Å². The number of nitrogens with one attached hydrogen (secondary N) is 1. The summed E-state index contributed by atoms with van der Waals surface area (Å²) in [4.78, 5) is 2.64. The first-order valence-electron chi connectivity index (χ1n) is 5.72. The van der Waals surface area contributed by atoms with Gasteiger partial charge in [-0.3, -0.25) is 0 Å². The Morgan fingerprint density at radius 1 is 1.50 bits per heavy atom. The van der Waals surface area contributed by atoms with E-state index in [9.17, 15) is 0 Å². The first kappa shape index (κ1) is 12.3. The summed E-state index contributed by atoms with van der Waals surface area (Å²) in [5.74, 6) is 2.20. The molecule has 1 N–H and O–H groups in total. The molecule has 1 aliphatic heterocycles. The fraction of sp³-hybridized carbons (Fsp3) is 1.00. The van der Waals surface area contributed by atoms with Gasteiger partial charge in [0.05, 0.1) is 0 Å². The van der Waals surface area contributed by atoms with E-state index < -0.39 is 0 Å². The largest absolute Gasteiger partial charge is 0.319 e. The first-order valence-corrected chi connectivity index (χ1v) is 7.12. The van der Waals surface area contributed by atoms with Gasteiger partial charge >= 0.3 is 0 Å². The molecule has 0 amide bonds. The third kappa shape index (κ3) is 4.67. The van der Waals surface area contributed by atoms with E-state index in [0.717, 1.165) is 5.92 Å². The van der Waals surface area contributed by atoms with E-state index in [4.69, 9.17) is 0 Å². The van der Waals surface area contributed by atoms with E-state index in [1.54, 1.807) is 0 Å². The van der Waals surface area contributed by atoms with Crippen LogP contribution in [0.1, 0.15) is 19.3 Å². The Kier molecular flexibility index (Phi) is 6.65. The van der Waals surface area contributed by atoms with Gasteiger partial charge in [0, 0.05) is 6.54 Å². The number of nitrogens with zero attached hydrogens (tertiary/aromatic N) is 1. The van der Waals surface area contributed by atoms with Gasteiger partial charge in [0.15, 0.2) is 0 Å². The second-order valence-electron chi connectivity index (χ2n) is 4.21. The SMILES string of the molecule is CNCC1CCCN(CCCSC)C1. The smallest absolute Gasteiger partial charge is 0.00218 e. The average molecular weight is 216 g/mol. The molecule has 0 radical (unpaired) electrons. The Balaban J connectivity index is 2.12. The van der Waals surface area contributed by atoms with Crippen molar-refractivity contribution in [2.45, 2.75) is 19.3 Å². The maximum atomic E-state index is 3.29. The zero-order chi connectivity index (χ0) is 10.2. The summed E-state index contributed by atoms with van der Waals surface area (Å²) >= 11 is 1.96. The lowest BCUT2D eigenvalue weighted by molar-refractivity contribution is 0.174. The summed E-state index contributed by atoms with van der Waals surface area (Å²) in [5, 5.41) is 3.29. The molecule has 2 nitrogen and oxygen atoms in total. The van der Waals surface area contributed by atoms with Crippen molar-refractivity contribution in [3.63, 3.8) is 0 Å². The molecule has 0 aromatic heterocycles. The fourth-order valence-electron chi connectivity index (χ4n) is 2.24. The summed E-state index contributed by atoms with van der Waals surface area (Å²) in [6.45, 7) is 5.14. The van der Waals surface area contributed by atoms with Gasteiger partial charge in [0.25, 0.3) is 0 Å². The quantitative estimate of drug-likeness (QED) is 0.680. The van der Waals surface area contributed by atoms with Gasteiger partial charge in [0.1, 0.15) is 0 Å². The van der Waals surface area contributed by atoms with Gasteiger partial charge in [0.2, 0.25) is 0 Å². The standard InChI is InChI=1S/C11H24N2S/c1-12-9-11-5-3-6-13(10-11)7-4-8-14-2/h11-12H,3-10H2,1-2H3. The second-order valence-corrected chi connectivity index (χ2v) is 5.20. The van der Waals surface area contributed by atoms with Crippen LogP contribution in [0.2, 0.25) is 0 Å². The molecule has 1 rings (SSSR count). The molecule has 1 heterocycles. The number of thioether (sulfide) groups is 1. The van der Waals surface area contributed by atoms with Crippen LogP contribution in [0, 0.1) is 5.92 Å². The Hall–Kier alpha value is 0.270. The van der Waals surface area contributed by atoms with Crippen molar-refractivity contribution in [1.29, 1.82) is 0 Å². The van der Waals surface area contributed by atoms with Crippen LogP contribution < -0.4 is 5.32 Å². The number of hydrogen-bond acceptors (Lipinski definition) is 3. The van der Waals surface area contributed by atoms with Crippen molar-refractivity contribution >= 4 is 11.8 Å². The molecule has 1 fully saturated rings. The molecule has 14 heavy (non-hydrogen) atoms. The second kappa shape index (κ2) is 7.55. The Bertz CT molecular complexity index is 139. The number of rotatable bonds is 6. The van der Waals surface area contributed by atoms with Crippen molar-refractivity contribution < 1.29 is 0 Å². The minimum atomic E-state index is 0.892. The molecule has 0 aliphatic carbocycles. The number of likely N-dealkylation sites (tertiary alicyclic amines) is 1. The lowest BCUT2D eigenvalue weighted by Crippen LogP contribution is -2.39. The Labute approximate surface area is 92.8 Å². The molecule has 0 bridgehead atoms. The van der Waals surface area contributed by atoms with Crippen LogP contribution in [-0.4, -0.2) is 50.1 Å². The highest BCUT2D eigenvalue weighted by Crippen LogP contribution is 2.15. The molecule has 0 spiro atoms. The van der Waals surface area contributed by atoms with Crippen molar-refractivity contribution in [2.75, 3.05) is 45.2 Å². The van der Waals surface area contributed by atoms with E-state index in [2.05, 4.69) is 23.5 Å². The minimum absolute atomic E-state index is 0.892. The molecule has 1 aliphatic rings. The van der Waals surface area contributed by atoms with E-state index in [1.807, 2.05) is 11.8 Å². The summed E-state index contributed by atoms with van der Waals surface area (Å²) in [7, 11) is 2.06. The Morgan fingerprint density at radius 2 is 2.36 bits per heavy atom. The van der Waals surface area contributed by atoms with E-state index in [0.29, 0.717) is 0 Å². The maximum absolute atomic E-state index is 3.29. The monoisotopic (exact) mass is 216 g/mol. The minimum Gasteiger partial charge on any atom is -0.319 e. The van der Waals surface area contributed by atoms with Gasteiger partial charge in [-0.2, -0.15) is 11.8 Å². The van der Waals surface area contributed by atoms with Crippen molar-refractivity contribution in [1.82, 2.24) is 10.2 Å². The van der Waals surface area contributed by atoms with Crippen molar-refractivity contribution in [2.24, 2.45) is 5.92 Å². The molecule has 0 aromatic carbocycles. The van der Waals surface area contributed by atoms with Crippen LogP contribution in [0.5, 0.6) is 0 Å². The number of piperidine rings is 1. The fourth-order valence-corrected chi connectivity index (χ4v) is 2.66. The molecule has 1 atom stereocenters. The van der Waals surface area contributed by atoms with Gasteiger partial charge in [-0.05, 0) is 63.9 Å². The summed E-state index contributed by atoms with van der Waals surface area (Å²) in [6.07, 6.45) is 6.36. The van der Waals surface area contributed by atoms with Gasteiger partial charge in [-0.15, -0.1) is 0 Å². The zero-order valence-electron chi connectivity index (χ0n) is 9.59. The summed E-state index contributed by atoms with van der Waals surface area (Å²) < 4.78 is 0. The zero-order valence-corrected chi connectivity index (χ0v) is 10.4. The molecular formula is C11H24N2S. The summed E-state index contributed by atoms with van der Waals surface area (Å²) in [6, 6.07) is 0.